The van der Waals surface area contributed by atoms with Crippen molar-refractivity contribution in [1.29, 1.82) is 0 Å². The van der Waals surface area contributed by atoms with Gasteiger partial charge in [-0.1, -0.05) is 72.3 Å². The molecule has 5 heteroatoms. The number of amides is 2. The molecule has 4 aromatic rings. The number of para-hydroxylation sites is 1. The highest BCUT2D eigenvalue weighted by atomic mass is 16.5. The van der Waals surface area contributed by atoms with E-state index in [0.717, 1.165) is 16.7 Å². The van der Waals surface area contributed by atoms with Gasteiger partial charge in [-0.25, -0.2) is 4.90 Å². The van der Waals surface area contributed by atoms with Crippen molar-refractivity contribution in [1.82, 2.24) is 4.90 Å². The summed E-state index contributed by atoms with van der Waals surface area (Å²) in [5.74, 6) is -0.347. The van der Waals surface area contributed by atoms with Gasteiger partial charge in [0.2, 0.25) is 6.23 Å². The average molecular weight is 447 g/mol. The zero-order chi connectivity index (χ0) is 23.5. The Kier molecular flexibility index (Phi) is 5.75. The molecule has 2 amide bonds. The highest BCUT2D eigenvalue weighted by Crippen LogP contribution is 2.36. The topological polar surface area (TPSA) is 59.0 Å². The lowest BCUT2D eigenvalue weighted by Crippen LogP contribution is -2.45. The van der Waals surface area contributed by atoms with Gasteiger partial charge in [0.1, 0.15) is 5.75 Å². The number of carbonyl (C=O) groups is 2. The molecule has 1 unspecified atom stereocenters. The van der Waals surface area contributed by atoms with E-state index < -0.39 is 12.1 Å². The van der Waals surface area contributed by atoms with E-state index in [9.17, 15) is 9.59 Å². The standard InChI is InChI=1S/C29H22N2O3/c1-20-11-13-23(14-12-20)29-31(28(33)25-9-5-6-10-26(25)34-29)27(32)22-15-17-24(18-16-22)30-19-21-7-3-2-4-8-21/h2-19,29H,1H3. The zero-order valence-electron chi connectivity index (χ0n) is 18.6. The molecular formula is C29H22N2O3. The average Bonchev–Trinajstić information content (AvgIpc) is 2.88. The van der Waals surface area contributed by atoms with E-state index in [1.165, 1.54) is 4.90 Å². The summed E-state index contributed by atoms with van der Waals surface area (Å²) >= 11 is 0. The molecular weight excluding hydrogens is 424 g/mol. The van der Waals surface area contributed by atoms with Crippen molar-refractivity contribution in [3.63, 3.8) is 0 Å². The third-order valence-corrected chi connectivity index (χ3v) is 5.67. The van der Waals surface area contributed by atoms with Crippen LogP contribution < -0.4 is 4.74 Å². The third-order valence-electron chi connectivity index (χ3n) is 5.67. The number of fused-ring (bicyclic) bond motifs is 1. The summed E-state index contributed by atoms with van der Waals surface area (Å²) in [5.41, 5.74) is 4.25. The minimum absolute atomic E-state index is 0.364. The summed E-state index contributed by atoms with van der Waals surface area (Å²) < 4.78 is 6.16. The predicted molar refractivity (Wildman–Crippen MR) is 132 cm³/mol. The maximum atomic E-state index is 13.5. The lowest BCUT2D eigenvalue weighted by Gasteiger charge is -2.35. The third kappa shape index (κ3) is 4.24. The Labute approximate surface area is 198 Å². The number of ether oxygens (including phenoxy) is 1. The van der Waals surface area contributed by atoms with Crippen molar-refractivity contribution < 1.29 is 14.3 Å². The first kappa shape index (κ1) is 21.3. The van der Waals surface area contributed by atoms with Crippen LogP contribution in [0.5, 0.6) is 5.75 Å². The van der Waals surface area contributed by atoms with Gasteiger partial charge in [-0.05, 0) is 48.9 Å². The van der Waals surface area contributed by atoms with Crippen LogP contribution in [0.25, 0.3) is 0 Å². The van der Waals surface area contributed by atoms with Crippen LogP contribution in [0, 0.1) is 6.92 Å². The van der Waals surface area contributed by atoms with Crippen LogP contribution in [-0.2, 0) is 0 Å². The van der Waals surface area contributed by atoms with Crippen LogP contribution in [0.15, 0.2) is 108 Å². The maximum absolute atomic E-state index is 13.5. The first-order valence-electron chi connectivity index (χ1n) is 11.0. The quantitative estimate of drug-likeness (QED) is 0.280. The molecule has 0 aromatic heterocycles. The lowest BCUT2D eigenvalue weighted by atomic mass is 10.0. The van der Waals surface area contributed by atoms with Crippen LogP contribution in [-0.4, -0.2) is 22.9 Å². The second-order valence-corrected chi connectivity index (χ2v) is 8.07. The molecule has 0 N–H and O–H groups in total. The van der Waals surface area contributed by atoms with E-state index in [4.69, 9.17) is 4.74 Å². The minimum atomic E-state index is -0.855. The van der Waals surface area contributed by atoms with E-state index in [2.05, 4.69) is 4.99 Å². The monoisotopic (exact) mass is 446 g/mol. The largest absolute Gasteiger partial charge is 0.465 e. The van der Waals surface area contributed by atoms with Gasteiger partial charge < -0.3 is 4.74 Å². The first-order valence-corrected chi connectivity index (χ1v) is 11.0. The second-order valence-electron chi connectivity index (χ2n) is 8.07. The number of imide groups is 1. The Morgan fingerprint density at radius 1 is 0.853 bits per heavy atom. The number of rotatable bonds is 4. The van der Waals surface area contributed by atoms with Gasteiger partial charge in [-0.15, -0.1) is 0 Å². The molecule has 1 atom stereocenters. The molecule has 166 valence electrons. The Hall–Kier alpha value is -4.51. The summed E-state index contributed by atoms with van der Waals surface area (Å²) in [6.45, 7) is 1.98. The molecule has 5 rings (SSSR count). The van der Waals surface area contributed by atoms with Crippen LogP contribution >= 0.6 is 0 Å². The van der Waals surface area contributed by atoms with Crippen molar-refractivity contribution in [2.75, 3.05) is 0 Å². The number of aryl methyl sites for hydroxylation is 1. The van der Waals surface area contributed by atoms with E-state index >= 15 is 0 Å². The Balaban J connectivity index is 1.46. The molecule has 5 nitrogen and oxygen atoms in total. The summed E-state index contributed by atoms with van der Waals surface area (Å²) in [6, 6.07) is 31.3. The lowest BCUT2D eigenvalue weighted by molar-refractivity contribution is 0.0107. The maximum Gasteiger partial charge on any atom is 0.267 e. The summed E-state index contributed by atoms with van der Waals surface area (Å²) in [4.78, 5) is 32.6. The molecule has 0 saturated carbocycles. The Bertz CT molecular complexity index is 1360. The summed E-state index contributed by atoms with van der Waals surface area (Å²) in [6.07, 6.45) is 0.912. The van der Waals surface area contributed by atoms with Crippen LogP contribution in [0.2, 0.25) is 0 Å². The van der Waals surface area contributed by atoms with Crippen molar-refractivity contribution >= 4 is 23.7 Å². The molecule has 0 fully saturated rings. The fraction of sp³-hybridized carbons (Fsp3) is 0.0690. The highest BCUT2D eigenvalue weighted by Gasteiger charge is 2.39. The molecule has 1 aliphatic rings. The van der Waals surface area contributed by atoms with Crippen molar-refractivity contribution in [3.05, 3.63) is 131 Å². The SMILES string of the molecule is Cc1ccc(C2Oc3ccccc3C(=O)N2C(=O)c2ccc(N=Cc3ccccc3)cc2)cc1. The van der Waals surface area contributed by atoms with E-state index in [1.807, 2.05) is 67.6 Å². The van der Waals surface area contributed by atoms with Crippen LogP contribution in [0.3, 0.4) is 0 Å². The smallest absolute Gasteiger partial charge is 0.267 e. The number of nitrogens with zero attached hydrogens (tertiary/aromatic N) is 2. The zero-order valence-corrected chi connectivity index (χ0v) is 18.6. The molecule has 4 aromatic carbocycles. The van der Waals surface area contributed by atoms with E-state index in [0.29, 0.717) is 22.6 Å². The fourth-order valence-electron chi connectivity index (χ4n) is 3.82. The van der Waals surface area contributed by atoms with E-state index in [1.54, 1.807) is 48.7 Å². The molecule has 0 spiro atoms. The number of aliphatic imine (C=N–C) groups is 1. The molecule has 34 heavy (non-hydrogen) atoms. The van der Waals surface area contributed by atoms with Crippen molar-refractivity contribution in [2.24, 2.45) is 4.99 Å². The van der Waals surface area contributed by atoms with Crippen molar-refractivity contribution in [3.8, 4) is 5.75 Å². The molecule has 1 aliphatic heterocycles. The highest BCUT2D eigenvalue weighted by molar-refractivity contribution is 6.12. The fourth-order valence-corrected chi connectivity index (χ4v) is 3.82. The van der Waals surface area contributed by atoms with Gasteiger partial charge in [0.15, 0.2) is 0 Å². The molecule has 0 bridgehead atoms. The summed E-state index contributed by atoms with van der Waals surface area (Å²) in [7, 11) is 0. The first-order chi connectivity index (χ1) is 16.6. The molecule has 0 saturated heterocycles. The van der Waals surface area contributed by atoms with E-state index in [-0.39, 0.29) is 5.91 Å². The second kappa shape index (κ2) is 9.16. The van der Waals surface area contributed by atoms with Gasteiger partial charge in [0, 0.05) is 17.3 Å². The minimum Gasteiger partial charge on any atom is -0.465 e. The number of hydrogen-bond donors (Lipinski definition) is 0. The van der Waals surface area contributed by atoms with Crippen LogP contribution in [0.4, 0.5) is 5.69 Å². The Morgan fingerprint density at radius 2 is 1.53 bits per heavy atom. The van der Waals surface area contributed by atoms with Gasteiger partial charge in [0.25, 0.3) is 11.8 Å². The van der Waals surface area contributed by atoms with Gasteiger partial charge in [-0.2, -0.15) is 0 Å². The number of benzene rings is 4. The number of hydrogen-bond acceptors (Lipinski definition) is 4. The van der Waals surface area contributed by atoms with Gasteiger partial charge in [0.05, 0.1) is 11.3 Å². The van der Waals surface area contributed by atoms with Crippen LogP contribution in [0.1, 0.15) is 43.6 Å². The molecule has 0 aliphatic carbocycles. The van der Waals surface area contributed by atoms with Crippen molar-refractivity contribution in [2.45, 2.75) is 13.2 Å². The predicted octanol–water partition coefficient (Wildman–Crippen LogP) is 6.12. The van der Waals surface area contributed by atoms with Gasteiger partial charge >= 0.3 is 0 Å². The Morgan fingerprint density at radius 3 is 2.26 bits per heavy atom. The summed E-state index contributed by atoms with van der Waals surface area (Å²) in [5, 5.41) is 0. The molecule has 1 heterocycles. The van der Waals surface area contributed by atoms with Gasteiger partial charge in [-0.3, -0.25) is 14.6 Å². The normalized spacial score (nSPS) is 15.1. The number of carbonyl (C=O) groups excluding carboxylic acids is 2. The molecule has 0 radical (unpaired) electrons.